The maximum atomic E-state index is 13.5. The van der Waals surface area contributed by atoms with Crippen molar-refractivity contribution in [3.63, 3.8) is 0 Å². The van der Waals surface area contributed by atoms with E-state index in [1.807, 2.05) is 23.7 Å². The van der Waals surface area contributed by atoms with Gasteiger partial charge in [-0.15, -0.1) is 0 Å². The highest BCUT2D eigenvalue weighted by Gasteiger charge is 2.41. The van der Waals surface area contributed by atoms with Crippen molar-refractivity contribution in [2.45, 2.75) is 44.8 Å². The number of halogens is 2. The van der Waals surface area contributed by atoms with Crippen LogP contribution in [0.1, 0.15) is 41.4 Å². The summed E-state index contributed by atoms with van der Waals surface area (Å²) in [6, 6.07) is 6.86. The summed E-state index contributed by atoms with van der Waals surface area (Å²) in [5, 5.41) is 4.60. The van der Waals surface area contributed by atoms with Crippen LogP contribution in [0.5, 0.6) is 0 Å². The minimum absolute atomic E-state index is 0.267. The van der Waals surface area contributed by atoms with E-state index in [0.717, 1.165) is 36.2 Å². The quantitative estimate of drug-likeness (QED) is 0.715. The molecule has 0 spiro atoms. The van der Waals surface area contributed by atoms with Crippen LogP contribution in [-0.4, -0.2) is 25.5 Å². The van der Waals surface area contributed by atoms with Crippen LogP contribution in [-0.2, 0) is 13.0 Å². The number of aryl methyl sites for hydroxylation is 1. The van der Waals surface area contributed by atoms with Gasteiger partial charge in [-0.1, -0.05) is 6.07 Å². The lowest BCUT2D eigenvalue weighted by atomic mass is 9.98. The van der Waals surface area contributed by atoms with Crippen LogP contribution in [0.3, 0.4) is 0 Å². The maximum absolute atomic E-state index is 13.5. The lowest BCUT2D eigenvalue weighted by Crippen LogP contribution is -2.38. The van der Waals surface area contributed by atoms with Crippen LogP contribution in [0.25, 0.3) is 5.65 Å². The van der Waals surface area contributed by atoms with Crippen molar-refractivity contribution in [1.82, 2.24) is 19.5 Å². The summed E-state index contributed by atoms with van der Waals surface area (Å²) in [6.45, 7) is 2.61. The standard InChI is InChI=1S/C19H18F2N4/c1-11-6-19-22-9-14-17-5-3-13(8-18(14)25(19)23-11)24(17)10-12-2-4-15(20)16(21)7-12/h2,4,6-7,9,13,17H,3,5,8,10H2,1H3. The SMILES string of the molecule is Cc1cc2ncc3c(n2n1)CC1CCC3N1Cc1ccc(F)c(F)c1. The van der Waals surface area contributed by atoms with E-state index in [4.69, 9.17) is 0 Å². The molecule has 2 bridgehead atoms. The molecule has 2 aromatic heterocycles. The number of aromatic nitrogens is 3. The van der Waals surface area contributed by atoms with Gasteiger partial charge in [0.2, 0.25) is 0 Å². The molecule has 2 aliphatic rings. The normalized spacial score (nSPS) is 22.5. The summed E-state index contributed by atoms with van der Waals surface area (Å²) < 4.78 is 28.7. The number of nitrogens with zero attached hydrogens (tertiary/aromatic N) is 4. The molecule has 4 heterocycles. The molecule has 128 valence electrons. The van der Waals surface area contributed by atoms with E-state index in [2.05, 4.69) is 15.0 Å². The maximum Gasteiger partial charge on any atom is 0.159 e. The molecule has 0 N–H and O–H groups in total. The average molecular weight is 340 g/mol. The smallest absolute Gasteiger partial charge is 0.159 e. The fourth-order valence-electron chi connectivity index (χ4n) is 4.39. The van der Waals surface area contributed by atoms with E-state index in [9.17, 15) is 8.78 Å². The third-order valence-electron chi connectivity index (χ3n) is 5.52. The Balaban J connectivity index is 1.52. The first-order chi connectivity index (χ1) is 12.1. The summed E-state index contributed by atoms with van der Waals surface area (Å²) in [7, 11) is 0. The molecule has 1 fully saturated rings. The molecule has 2 aliphatic heterocycles. The van der Waals surface area contributed by atoms with Gasteiger partial charge >= 0.3 is 0 Å². The molecule has 4 nitrogen and oxygen atoms in total. The topological polar surface area (TPSA) is 33.4 Å². The van der Waals surface area contributed by atoms with Crippen molar-refractivity contribution in [1.29, 1.82) is 0 Å². The Morgan fingerprint density at radius 3 is 2.88 bits per heavy atom. The Labute approximate surface area is 144 Å². The Hall–Kier alpha value is -2.34. The molecule has 0 radical (unpaired) electrons. The first-order valence-electron chi connectivity index (χ1n) is 8.64. The molecule has 0 saturated carbocycles. The summed E-state index contributed by atoms with van der Waals surface area (Å²) in [6.07, 6.45) is 5.05. The van der Waals surface area contributed by atoms with Crippen LogP contribution >= 0.6 is 0 Å². The van der Waals surface area contributed by atoms with Gasteiger partial charge in [-0.2, -0.15) is 5.10 Å². The second kappa shape index (κ2) is 5.33. The molecule has 3 aromatic rings. The van der Waals surface area contributed by atoms with Crippen molar-refractivity contribution in [3.8, 4) is 0 Å². The van der Waals surface area contributed by atoms with Gasteiger partial charge in [0.25, 0.3) is 0 Å². The van der Waals surface area contributed by atoms with Gasteiger partial charge in [0, 0.05) is 42.9 Å². The van der Waals surface area contributed by atoms with Crippen molar-refractivity contribution in [3.05, 3.63) is 64.6 Å². The molecule has 1 aromatic carbocycles. The summed E-state index contributed by atoms with van der Waals surface area (Å²) >= 11 is 0. The molecule has 2 atom stereocenters. The largest absolute Gasteiger partial charge is 0.289 e. The minimum Gasteiger partial charge on any atom is -0.289 e. The second-order valence-corrected chi connectivity index (χ2v) is 7.09. The third-order valence-corrected chi connectivity index (χ3v) is 5.52. The lowest BCUT2D eigenvalue weighted by Gasteiger charge is -2.36. The molecule has 6 heteroatoms. The molecule has 5 rings (SSSR count). The van der Waals surface area contributed by atoms with E-state index in [-0.39, 0.29) is 6.04 Å². The number of hydrogen-bond acceptors (Lipinski definition) is 3. The van der Waals surface area contributed by atoms with Gasteiger partial charge in [0.1, 0.15) is 0 Å². The molecule has 0 aliphatic carbocycles. The van der Waals surface area contributed by atoms with Crippen LogP contribution in [0.2, 0.25) is 0 Å². The Morgan fingerprint density at radius 1 is 1.16 bits per heavy atom. The van der Waals surface area contributed by atoms with Crippen LogP contribution < -0.4 is 0 Å². The third kappa shape index (κ3) is 2.28. The monoisotopic (exact) mass is 340 g/mol. The first kappa shape index (κ1) is 15.0. The summed E-state index contributed by atoms with van der Waals surface area (Å²) in [5.41, 5.74) is 5.13. The highest BCUT2D eigenvalue weighted by atomic mass is 19.2. The molecule has 0 amide bonds. The van der Waals surface area contributed by atoms with E-state index in [1.165, 1.54) is 23.4 Å². The highest BCUT2D eigenvalue weighted by Crippen LogP contribution is 2.44. The fraction of sp³-hybridized carbons (Fsp3) is 0.368. The minimum atomic E-state index is -0.795. The highest BCUT2D eigenvalue weighted by molar-refractivity contribution is 5.44. The van der Waals surface area contributed by atoms with Crippen molar-refractivity contribution in [2.75, 3.05) is 0 Å². The predicted molar refractivity (Wildman–Crippen MR) is 89.1 cm³/mol. The molecular formula is C19H18F2N4. The summed E-state index contributed by atoms with van der Waals surface area (Å²) in [4.78, 5) is 6.97. The molecule has 2 unspecified atom stereocenters. The second-order valence-electron chi connectivity index (χ2n) is 7.09. The van der Waals surface area contributed by atoms with E-state index >= 15 is 0 Å². The zero-order valence-corrected chi connectivity index (χ0v) is 13.9. The van der Waals surface area contributed by atoms with Crippen LogP contribution in [0.15, 0.2) is 30.5 Å². The Morgan fingerprint density at radius 2 is 2.04 bits per heavy atom. The predicted octanol–water partition coefficient (Wildman–Crippen LogP) is 3.58. The number of rotatable bonds is 2. The van der Waals surface area contributed by atoms with Gasteiger partial charge in [-0.25, -0.2) is 18.3 Å². The lowest BCUT2D eigenvalue weighted by molar-refractivity contribution is 0.165. The fourth-order valence-corrected chi connectivity index (χ4v) is 4.39. The first-order valence-corrected chi connectivity index (χ1v) is 8.64. The average Bonchev–Trinajstić information content (AvgIpc) is 3.09. The zero-order valence-electron chi connectivity index (χ0n) is 13.9. The van der Waals surface area contributed by atoms with Gasteiger partial charge in [-0.3, -0.25) is 4.90 Å². The Bertz CT molecular complexity index is 981. The number of fused-ring (bicyclic) bond motifs is 6. The summed E-state index contributed by atoms with van der Waals surface area (Å²) in [5.74, 6) is -1.57. The number of hydrogen-bond donors (Lipinski definition) is 0. The van der Waals surface area contributed by atoms with Crippen molar-refractivity contribution in [2.24, 2.45) is 0 Å². The van der Waals surface area contributed by atoms with Crippen LogP contribution in [0.4, 0.5) is 8.78 Å². The van der Waals surface area contributed by atoms with Crippen molar-refractivity contribution >= 4 is 5.65 Å². The van der Waals surface area contributed by atoms with Gasteiger partial charge in [0.05, 0.1) is 11.4 Å². The van der Waals surface area contributed by atoms with Crippen LogP contribution in [0, 0.1) is 18.6 Å². The molecule has 25 heavy (non-hydrogen) atoms. The van der Waals surface area contributed by atoms with Crippen molar-refractivity contribution < 1.29 is 8.78 Å². The van der Waals surface area contributed by atoms with Gasteiger partial charge in [0.15, 0.2) is 17.3 Å². The zero-order chi connectivity index (χ0) is 17.1. The van der Waals surface area contributed by atoms with Gasteiger partial charge in [-0.05, 0) is 37.5 Å². The van der Waals surface area contributed by atoms with E-state index in [0.29, 0.717) is 12.6 Å². The van der Waals surface area contributed by atoms with Gasteiger partial charge < -0.3 is 0 Å². The molecular weight excluding hydrogens is 322 g/mol. The number of benzene rings is 1. The van der Waals surface area contributed by atoms with E-state index < -0.39 is 11.6 Å². The Kier molecular flexibility index (Phi) is 3.19. The van der Waals surface area contributed by atoms with E-state index in [1.54, 1.807) is 6.07 Å². The molecule has 1 saturated heterocycles.